The lowest BCUT2D eigenvalue weighted by Crippen LogP contribution is -1.97. The zero-order valence-corrected chi connectivity index (χ0v) is 10.7. The van der Waals surface area contributed by atoms with Crippen LogP contribution in [-0.2, 0) is 6.42 Å². The second kappa shape index (κ2) is 7.29. The van der Waals surface area contributed by atoms with E-state index in [9.17, 15) is 5.11 Å². The number of phenolic OH excluding ortho intramolecular Hbond substituents is 1. The van der Waals surface area contributed by atoms with E-state index in [2.05, 4.69) is 29.0 Å². The first-order valence-electron chi connectivity index (χ1n) is 5.87. The van der Waals surface area contributed by atoms with E-state index < -0.39 is 0 Å². The van der Waals surface area contributed by atoms with Crippen LogP contribution in [0.15, 0.2) is 42.6 Å². The number of nitrogens with zero attached hydrogens (tertiary/aromatic N) is 1. The largest absolute Gasteiger partial charge is 0.508 e. The standard InChI is InChI=1S/C13H14N2O.CH5N/c1-2-10-4-3-9-14-13(10)15-11-5-7-12(16)8-6-11;1-2/h3-9,16H,2H2,1H3,(H,14,15);2H2,1H3. The molecule has 1 aromatic carbocycles. The van der Waals surface area contributed by atoms with Crippen LogP contribution in [-0.4, -0.2) is 17.1 Å². The number of hydrogen-bond donors (Lipinski definition) is 3. The number of pyridine rings is 1. The fourth-order valence-corrected chi connectivity index (χ4v) is 1.52. The SMILES string of the molecule is CCc1cccnc1Nc1ccc(O)cc1.CN. The third-order valence-corrected chi connectivity index (χ3v) is 2.40. The summed E-state index contributed by atoms with van der Waals surface area (Å²) >= 11 is 0. The van der Waals surface area contributed by atoms with Crippen molar-refractivity contribution in [2.75, 3.05) is 12.4 Å². The molecule has 0 saturated carbocycles. The molecular formula is C14H19N3O. The molecule has 0 aliphatic carbocycles. The van der Waals surface area contributed by atoms with Crippen molar-refractivity contribution < 1.29 is 5.11 Å². The molecule has 2 aromatic rings. The van der Waals surface area contributed by atoms with Gasteiger partial charge in [0.15, 0.2) is 0 Å². The van der Waals surface area contributed by atoms with Crippen LogP contribution in [0.4, 0.5) is 11.5 Å². The second-order valence-corrected chi connectivity index (χ2v) is 3.54. The van der Waals surface area contributed by atoms with Crippen molar-refractivity contribution in [3.63, 3.8) is 0 Å². The van der Waals surface area contributed by atoms with E-state index in [0.29, 0.717) is 0 Å². The van der Waals surface area contributed by atoms with Crippen molar-refractivity contribution >= 4 is 11.5 Å². The molecule has 18 heavy (non-hydrogen) atoms. The quantitative estimate of drug-likeness (QED) is 0.727. The molecule has 4 heteroatoms. The maximum absolute atomic E-state index is 9.18. The third-order valence-electron chi connectivity index (χ3n) is 2.40. The highest BCUT2D eigenvalue weighted by Crippen LogP contribution is 2.20. The van der Waals surface area contributed by atoms with E-state index in [4.69, 9.17) is 0 Å². The van der Waals surface area contributed by atoms with Crippen LogP contribution in [0.2, 0.25) is 0 Å². The number of aryl methyl sites for hydroxylation is 1. The number of phenols is 1. The number of aromatic nitrogens is 1. The van der Waals surface area contributed by atoms with Gasteiger partial charge in [-0.1, -0.05) is 13.0 Å². The molecule has 4 N–H and O–H groups in total. The average Bonchev–Trinajstić information content (AvgIpc) is 2.44. The van der Waals surface area contributed by atoms with Crippen LogP contribution >= 0.6 is 0 Å². The molecule has 1 aromatic heterocycles. The summed E-state index contributed by atoms with van der Waals surface area (Å²) in [5.74, 6) is 1.14. The summed E-state index contributed by atoms with van der Waals surface area (Å²) in [4.78, 5) is 4.29. The van der Waals surface area contributed by atoms with Crippen LogP contribution in [0.25, 0.3) is 0 Å². The number of nitrogens with one attached hydrogen (secondary N) is 1. The molecule has 0 unspecified atom stereocenters. The Morgan fingerprint density at radius 2 is 1.83 bits per heavy atom. The molecule has 0 aliphatic heterocycles. The minimum Gasteiger partial charge on any atom is -0.508 e. The predicted molar refractivity (Wildman–Crippen MR) is 75.1 cm³/mol. The number of hydrogen-bond acceptors (Lipinski definition) is 4. The van der Waals surface area contributed by atoms with Gasteiger partial charge in [-0.05, 0) is 49.4 Å². The lowest BCUT2D eigenvalue weighted by molar-refractivity contribution is 0.475. The minimum atomic E-state index is 0.266. The third kappa shape index (κ3) is 3.75. The van der Waals surface area contributed by atoms with Gasteiger partial charge in [-0.25, -0.2) is 4.98 Å². The number of aromatic hydroxyl groups is 1. The van der Waals surface area contributed by atoms with Crippen molar-refractivity contribution in [3.8, 4) is 5.75 Å². The van der Waals surface area contributed by atoms with E-state index in [1.165, 1.54) is 12.6 Å². The zero-order chi connectivity index (χ0) is 13.4. The molecule has 0 atom stereocenters. The van der Waals surface area contributed by atoms with E-state index in [-0.39, 0.29) is 5.75 Å². The van der Waals surface area contributed by atoms with Crippen molar-refractivity contribution in [2.45, 2.75) is 13.3 Å². The monoisotopic (exact) mass is 245 g/mol. The Hall–Kier alpha value is -2.07. The Morgan fingerprint density at radius 1 is 1.17 bits per heavy atom. The minimum absolute atomic E-state index is 0.266. The van der Waals surface area contributed by atoms with Crippen LogP contribution in [0, 0.1) is 0 Å². The van der Waals surface area contributed by atoms with Gasteiger partial charge >= 0.3 is 0 Å². The van der Waals surface area contributed by atoms with Crippen LogP contribution < -0.4 is 11.1 Å². The summed E-state index contributed by atoms with van der Waals surface area (Å²) < 4.78 is 0. The topological polar surface area (TPSA) is 71.2 Å². The fourth-order valence-electron chi connectivity index (χ4n) is 1.52. The average molecular weight is 245 g/mol. The van der Waals surface area contributed by atoms with E-state index >= 15 is 0 Å². The maximum atomic E-state index is 9.18. The molecule has 4 nitrogen and oxygen atoms in total. The molecule has 2 rings (SSSR count). The Balaban J connectivity index is 0.000000771. The van der Waals surface area contributed by atoms with E-state index in [1.54, 1.807) is 18.3 Å². The van der Waals surface area contributed by atoms with Gasteiger partial charge in [-0.15, -0.1) is 0 Å². The highest BCUT2D eigenvalue weighted by atomic mass is 16.3. The van der Waals surface area contributed by atoms with Gasteiger partial charge in [-0.3, -0.25) is 0 Å². The molecule has 0 fully saturated rings. The fraction of sp³-hybridized carbons (Fsp3) is 0.214. The number of benzene rings is 1. The molecule has 0 bridgehead atoms. The van der Waals surface area contributed by atoms with Gasteiger partial charge in [0.1, 0.15) is 11.6 Å². The smallest absolute Gasteiger partial charge is 0.133 e. The van der Waals surface area contributed by atoms with Gasteiger partial charge in [0.2, 0.25) is 0 Å². The first-order valence-corrected chi connectivity index (χ1v) is 5.87. The highest BCUT2D eigenvalue weighted by molar-refractivity contribution is 5.59. The number of anilines is 2. The molecule has 0 spiro atoms. The number of nitrogens with two attached hydrogens (primary N) is 1. The van der Waals surface area contributed by atoms with Gasteiger partial charge in [0.25, 0.3) is 0 Å². The van der Waals surface area contributed by atoms with Crippen LogP contribution in [0.5, 0.6) is 5.75 Å². The second-order valence-electron chi connectivity index (χ2n) is 3.54. The molecule has 0 amide bonds. The zero-order valence-electron chi connectivity index (χ0n) is 10.7. The van der Waals surface area contributed by atoms with E-state index in [0.717, 1.165) is 17.9 Å². The lowest BCUT2D eigenvalue weighted by atomic mass is 10.2. The van der Waals surface area contributed by atoms with Gasteiger partial charge in [0.05, 0.1) is 0 Å². The first kappa shape index (κ1) is 14.0. The van der Waals surface area contributed by atoms with Gasteiger partial charge < -0.3 is 16.2 Å². The lowest BCUT2D eigenvalue weighted by Gasteiger charge is -2.09. The Kier molecular flexibility index (Phi) is 5.67. The molecule has 1 heterocycles. The molecule has 0 radical (unpaired) electrons. The molecule has 96 valence electrons. The van der Waals surface area contributed by atoms with Crippen molar-refractivity contribution in [2.24, 2.45) is 5.73 Å². The molecular weight excluding hydrogens is 226 g/mol. The van der Waals surface area contributed by atoms with Crippen molar-refractivity contribution in [1.82, 2.24) is 4.98 Å². The van der Waals surface area contributed by atoms with Crippen LogP contribution in [0.3, 0.4) is 0 Å². The number of rotatable bonds is 3. The first-order chi connectivity index (χ1) is 8.79. The summed E-state index contributed by atoms with van der Waals surface area (Å²) in [6.07, 6.45) is 2.70. The summed E-state index contributed by atoms with van der Waals surface area (Å²) in [7, 11) is 1.50. The Bertz CT molecular complexity index is 469. The summed E-state index contributed by atoms with van der Waals surface area (Å²) in [5, 5.41) is 12.4. The summed E-state index contributed by atoms with van der Waals surface area (Å²) in [6.45, 7) is 2.10. The Labute approximate surface area is 107 Å². The normalized spacial score (nSPS) is 9.28. The van der Waals surface area contributed by atoms with Crippen molar-refractivity contribution in [3.05, 3.63) is 48.2 Å². The summed E-state index contributed by atoms with van der Waals surface area (Å²) in [6, 6.07) is 10.9. The van der Waals surface area contributed by atoms with Crippen LogP contribution in [0.1, 0.15) is 12.5 Å². The maximum Gasteiger partial charge on any atom is 0.133 e. The van der Waals surface area contributed by atoms with Crippen molar-refractivity contribution in [1.29, 1.82) is 0 Å². The Morgan fingerprint density at radius 3 is 2.44 bits per heavy atom. The van der Waals surface area contributed by atoms with Gasteiger partial charge in [-0.2, -0.15) is 0 Å². The molecule has 0 saturated heterocycles. The van der Waals surface area contributed by atoms with E-state index in [1.807, 2.05) is 18.2 Å². The molecule has 0 aliphatic rings. The summed E-state index contributed by atoms with van der Waals surface area (Å²) in [5.41, 5.74) is 6.60. The predicted octanol–water partition coefficient (Wildman–Crippen LogP) is 2.67. The highest BCUT2D eigenvalue weighted by Gasteiger charge is 2.01. The van der Waals surface area contributed by atoms with Gasteiger partial charge in [0, 0.05) is 11.9 Å².